The molecule has 0 aliphatic carbocycles. The maximum Gasteiger partial charge on any atom is 0.321 e. The highest BCUT2D eigenvalue weighted by Crippen LogP contribution is 2.16. The SMILES string of the molecule is Cc1cc(C#CCN)cc(NC(=O)N2CCCCC2)c1. The number of urea groups is 1. The Morgan fingerprint density at radius 2 is 2.05 bits per heavy atom. The average Bonchev–Trinajstić information content (AvgIpc) is 2.45. The third kappa shape index (κ3) is 4.01. The number of amides is 2. The van der Waals surface area contributed by atoms with Gasteiger partial charge in [-0.05, 0) is 49.9 Å². The molecule has 3 N–H and O–H groups in total. The minimum Gasteiger partial charge on any atom is -0.325 e. The van der Waals surface area contributed by atoms with E-state index in [2.05, 4.69) is 17.2 Å². The molecule has 4 nitrogen and oxygen atoms in total. The maximum absolute atomic E-state index is 12.2. The lowest BCUT2D eigenvalue weighted by Gasteiger charge is -2.26. The topological polar surface area (TPSA) is 58.4 Å². The van der Waals surface area contributed by atoms with E-state index in [9.17, 15) is 4.79 Å². The van der Waals surface area contributed by atoms with Crippen molar-refractivity contribution < 1.29 is 4.79 Å². The van der Waals surface area contributed by atoms with Crippen LogP contribution >= 0.6 is 0 Å². The van der Waals surface area contributed by atoms with E-state index in [1.807, 2.05) is 30.0 Å². The first-order valence-corrected chi connectivity index (χ1v) is 7.05. The van der Waals surface area contributed by atoms with Crippen LogP contribution in [0.3, 0.4) is 0 Å². The maximum atomic E-state index is 12.2. The Morgan fingerprint density at radius 1 is 1.30 bits per heavy atom. The summed E-state index contributed by atoms with van der Waals surface area (Å²) < 4.78 is 0. The van der Waals surface area contributed by atoms with Crippen LogP contribution in [0.1, 0.15) is 30.4 Å². The van der Waals surface area contributed by atoms with Crippen LogP contribution in [-0.2, 0) is 0 Å². The molecule has 1 aromatic carbocycles. The molecule has 2 rings (SSSR count). The number of carbonyl (C=O) groups is 1. The van der Waals surface area contributed by atoms with Crippen LogP contribution in [0.4, 0.5) is 10.5 Å². The second kappa shape index (κ2) is 6.97. The third-order valence-electron chi connectivity index (χ3n) is 3.31. The monoisotopic (exact) mass is 271 g/mol. The molecular weight excluding hydrogens is 250 g/mol. The fourth-order valence-corrected chi connectivity index (χ4v) is 2.38. The number of nitrogens with one attached hydrogen (secondary N) is 1. The number of nitrogens with zero attached hydrogens (tertiary/aromatic N) is 1. The average molecular weight is 271 g/mol. The number of likely N-dealkylation sites (tertiary alicyclic amines) is 1. The minimum atomic E-state index is -0.0203. The summed E-state index contributed by atoms with van der Waals surface area (Å²) in [7, 11) is 0. The van der Waals surface area contributed by atoms with Gasteiger partial charge in [0.15, 0.2) is 0 Å². The number of hydrogen-bond donors (Lipinski definition) is 2. The highest BCUT2D eigenvalue weighted by atomic mass is 16.2. The molecule has 1 heterocycles. The summed E-state index contributed by atoms with van der Waals surface area (Å²) in [6.07, 6.45) is 3.40. The first-order chi connectivity index (χ1) is 9.69. The summed E-state index contributed by atoms with van der Waals surface area (Å²) in [5.74, 6) is 5.83. The summed E-state index contributed by atoms with van der Waals surface area (Å²) in [4.78, 5) is 14.0. The van der Waals surface area contributed by atoms with E-state index in [1.54, 1.807) is 0 Å². The Hall–Kier alpha value is -1.99. The highest BCUT2D eigenvalue weighted by Gasteiger charge is 2.16. The van der Waals surface area contributed by atoms with Crippen LogP contribution in [0.2, 0.25) is 0 Å². The van der Waals surface area contributed by atoms with E-state index in [4.69, 9.17) is 5.73 Å². The molecule has 1 saturated heterocycles. The summed E-state index contributed by atoms with van der Waals surface area (Å²) in [5.41, 5.74) is 8.13. The van der Waals surface area contributed by atoms with Crippen LogP contribution in [0.25, 0.3) is 0 Å². The van der Waals surface area contributed by atoms with Gasteiger partial charge < -0.3 is 16.0 Å². The molecule has 0 aromatic heterocycles. The van der Waals surface area contributed by atoms with E-state index in [1.165, 1.54) is 6.42 Å². The lowest BCUT2D eigenvalue weighted by Crippen LogP contribution is -2.38. The Labute approximate surface area is 120 Å². The van der Waals surface area contributed by atoms with Crippen molar-refractivity contribution >= 4 is 11.7 Å². The Balaban J connectivity index is 2.08. The van der Waals surface area contributed by atoms with Crippen LogP contribution in [-0.4, -0.2) is 30.6 Å². The molecule has 1 aromatic rings. The van der Waals surface area contributed by atoms with Gasteiger partial charge in [0.1, 0.15) is 0 Å². The lowest BCUT2D eigenvalue weighted by molar-refractivity contribution is 0.200. The molecular formula is C16H21N3O. The predicted octanol–water partition coefficient (Wildman–Crippen LogP) is 2.32. The summed E-state index contributed by atoms with van der Waals surface area (Å²) >= 11 is 0. The number of rotatable bonds is 1. The number of anilines is 1. The smallest absolute Gasteiger partial charge is 0.321 e. The first kappa shape index (κ1) is 14.4. The molecule has 0 atom stereocenters. The number of carbonyl (C=O) groups excluding carboxylic acids is 1. The quantitative estimate of drug-likeness (QED) is 0.770. The van der Waals surface area contributed by atoms with Gasteiger partial charge in [-0.2, -0.15) is 0 Å². The molecule has 0 unspecified atom stereocenters. The van der Waals surface area contributed by atoms with Crippen molar-refractivity contribution in [2.45, 2.75) is 26.2 Å². The summed E-state index contributed by atoms with van der Waals surface area (Å²) in [6.45, 7) is 4.02. The molecule has 2 amide bonds. The molecule has 0 radical (unpaired) electrons. The van der Waals surface area contributed by atoms with Crippen LogP contribution in [0.15, 0.2) is 18.2 Å². The number of nitrogens with two attached hydrogens (primary N) is 1. The highest BCUT2D eigenvalue weighted by molar-refractivity contribution is 5.89. The number of piperidine rings is 1. The minimum absolute atomic E-state index is 0.0203. The van der Waals surface area contributed by atoms with Crippen molar-refractivity contribution in [3.8, 4) is 11.8 Å². The lowest BCUT2D eigenvalue weighted by atomic mass is 10.1. The second-order valence-electron chi connectivity index (χ2n) is 5.07. The largest absolute Gasteiger partial charge is 0.325 e. The van der Waals surface area contributed by atoms with Crippen LogP contribution < -0.4 is 11.1 Å². The number of aryl methyl sites for hydroxylation is 1. The molecule has 0 bridgehead atoms. The van der Waals surface area contributed by atoms with Gasteiger partial charge in [-0.1, -0.05) is 11.8 Å². The molecule has 0 saturated carbocycles. The van der Waals surface area contributed by atoms with E-state index < -0.39 is 0 Å². The van der Waals surface area contributed by atoms with E-state index in [0.717, 1.165) is 42.7 Å². The fraction of sp³-hybridized carbons (Fsp3) is 0.438. The van der Waals surface area contributed by atoms with Crippen molar-refractivity contribution in [2.75, 3.05) is 25.0 Å². The normalized spacial score (nSPS) is 14.4. The van der Waals surface area contributed by atoms with Gasteiger partial charge in [-0.3, -0.25) is 0 Å². The van der Waals surface area contributed by atoms with Crippen molar-refractivity contribution in [2.24, 2.45) is 5.73 Å². The van der Waals surface area contributed by atoms with Gasteiger partial charge >= 0.3 is 6.03 Å². The van der Waals surface area contributed by atoms with Gasteiger partial charge in [0, 0.05) is 24.3 Å². The third-order valence-corrected chi connectivity index (χ3v) is 3.31. The van der Waals surface area contributed by atoms with Crippen molar-refractivity contribution in [3.63, 3.8) is 0 Å². The number of benzene rings is 1. The molecule has 1 aliphatic heterocycles. The van der Waals surface area contributed by atoms with Crippen molar-refractivity contribution in [1.82, 2.24) is 4.90 Å². The van der Waals surface area contributed by atoms with Crippen LogP contribution in [0.5, 0.6) is 0 Å². The number of hydrogen-bond acceptors (Lipinski definition) is 2. The fourth-order valence-electron chi connectivity index (χ4n) is 2.38. The molecule has 4 heteroatoms. The molecule has 106 valence electrons. The Kier molecular flexibility index (Phi) is 5.03. The first-order valence-electron chi connectivity index (χ1n) is 7.05. The van der Waals surface area contributed by atoms with Crippen molar-refractivity contribution in [1.29, 1.82) is 0 Å². The molecule has 20 heavy (non-hydrogen) atoms. The molecule has 1 aliphatic rings. The van der Waals surface area contributed by atoms with Gasteiger partial charge in [0.2, 0.25) is 0 Å². The van der Waals surface area contributed by atoms with E-state index in [0.29, 0.717) is 6.54 Å². The zero-order valence-corrected chi connectivity index (χ0v) is 11.9. The Bertz CT molecular complexity index is 536. The van der Waals surface area contributed by atoms with Crippen molar-refractivity contribution in [3.05, 3.63) is 29.3 Å². The van der Waals surface area contributed by atoms with E-state index >= 15 is 0 Å². The van der Waals surface area contributed by atoms with Gasteiger partial charge in [-0.15, -0.1) is 0 Å². The standard InChI is InChI=1S/C16H21N3O/c1-13-10-14(6-5-7-17)12-15(11-13)18-16(20)19-8-3-2-4-9-19/h10-12H,2-4,7-9,17H2,1H3,(H,18,20). The zero-order valence-electron chi connectivity index (χ0n) is 11.9. The Morgan fingerprint density at radius 3 is 2.75 bits per heavy atom. The molecule has 0 spiro atoms. The predicted molar refractivity (Wildman–Crippen MR) is 81.6 cm³/mol. The second-order valence-corrected chi connectivity index (χ2v) is 5.07. The van der Waals surface area contributed by atoms with E-state index in [-0.39, 0.29) is 6.03 Å². The van der Waals surface area contributed by atoms with Gasteiger partial charge in [0.25, 0.3) is 0 Å². The summed E-state index contributed by atoms with van der Waals surface area (Å²) in [6, 6.07) is 5.81. The van der Waals surface area contributed by atoms with Gasteiger partial charge in [0.05, 0.1) is 6.54 Å². The molecule has 1 fully saturated rings. The van der Waals surface area contributed by atoms with Crippen LogP contribution in [0, 0.1) is 18.8 Å². The van der Waals surface area contributed by atoms with Gasteiger partial charge in [-0.25, -0.2) is 4.79 Å². The zero-order chi connectivity index (χ0) is 14.4. The summed E-state index contributed by atoms with van der Waals surface area (Å²) in [5, 5.41) is 2.96.